The second kappa shape index (κ2) is 3.17. The van der Waals surface area contributed by atoms with Crippen molar-refractivity contribution in [3.05, 3.63) is 23.8 Å². The second-order valence-corrected chi connectivity index (χ2v) is 3.21. The third-order valence-corrected chi connectivity index (χ3v) is 1.71. The van der Waals surface area contributed by atoms with Crippen molar-refractivity contribution in [2.24, 2.45) is 0 Å². The van der Waals surface area contributed by atoms with Crippen LogP contribution in [0.2, 0.25) is 0 Å². The van der Waals surface area contributed by atoms with E-state index >= 15 is 0 Å². The Bertz CT molecular complexity index is 248. The molecule has 0 aliphatic rings. The first-order chi connectivity index (χ1) is 5.54. The molecule has 0 saturated heterocycles. The SMILES string of the molecule is CCc1ncc(C(C)(C)F)cn1. The van der Waals surface area contributed by atoms with Gasteiger partial charge in [-0.1, -0.05) is 6.92 Å². The summed E-state index contributed by atoms with van der Waals surface area (Å²) in [5, 5.41) is 0. The summed E-state index contributed by atoms with van der Waals surface area (Å²) in [5.74, 6) is 0.753. The van der Waals surface area contributed by atoms with Crippen molar-refractivity contribution in [1.82, 2.24) is 9.97 Å². The zero-order valence-corrected chi connectivity index (χ0v) is 7.63. The summed E-state index contributed by atoms with van der Waals surface area (Å²) in [5.41, 5.74) is -0.814. The van der Waals surface area contributed by atoms with Gasteiger partial charge in [-0.05, 0) is 13.8 Å². The predicted molar refractivity (Wildman–Crippen MR) is 45.5 cm³/mol. The zero-order valence-electron chi connectivity index (χ0n) is 7.63. The molecule has 0 unspecified atom stereocenters. The number of halogens is 1. The molecule has 1 aromatic rings. The fourth-order valence-corrected chi connectivity index (χ4v) is 0.844. The third-order valence-electron chi connectivity index (χ3n) is 1.71. The lowest BCUT2D eigenvalue weighted by Crippen LogP contribution is -2.10. The van der Waals surface area contributed by atoms with Crippen LogP contribution in [0, 0.1) is 0 Å². The van der Waals surface area contributed by atoms with Gasteiger partial charge in [0.1, 0.15) is 11.5 Å². The van der Waals surface area contributed by atoms with E-state index < -0.39 is 5.67 Å². The maximum Gasteiger partial charge on any atom is 0.133 e. The summed E-state index contributed by atoms with van der Waals surface area (Å²) < 4.78 is 13.3. The Kier molecular flexibility index (Phi) is 2.40. The Morgan fingerprint density at radius 3 is 2.17 bits per heavy atom. The van der Waals surface area contributed by atoms with Crippen molar-refractivity contribution in [2.75, 3.05) is 0 Å². The lowest BCUT2D eigenvalue weighted by atomic mass is 10.0. The molecule has 0 aliphatic heterocycles. The topological polar surface area (TPSA) is 25.8 Å². The maximum atomic E-state index is 13.3. The van der Waals surface area contributed by atoms with E-state index in [1.807, 2.05) is 6.92 Å². The molecule has 66 valence electrons. The highest BCUT2D eigenvalue weighted by atomic mass is 19.1. The van der Waals surface area contributed by atoms with E-state index in [4.69, 9.17) is 0 Å². The minimum absolute atomic E-state index is 0.528. The van der Waals surface area contributed by atoms with Crippen LogP contribution in [0.15, 0.2) is 12.4 Å². The van der Waals surface area contributed by atoms with E-state index in [9.17, 15) is 4.39 Å². The van der Waals surface area contributed by atoms with Crippen LogP contribution in [0.5, 0.6) is 0 Å². The summed E-state index contributed by atoms with van der Waals surface area (Å²) in [6, 6.07) is 0. The molecule has 0 amide bonds. The van der Waals surface area contributed by atoms with Gasteiger partial charge in [0.05, 0.1) is 0 Å². The van der Waals surface area contributed by atoms with Crippen molar-refractivity contribution in [2.45, 2.75) is 32.9 Å². The predicted octanol–water partition coefficient (Wildman–Crippen LogP) is 2.24. The molecule has 3 heteroatoms. The average molecular weight is 168 g/mol. The van der Waals surface area contributed by atoms with Gasteiger partial charge in [-0.25, -0.2) is 14.4 Å². The maximum absolute atomic E-state index is 13.3. The number of nitrogens with zero attached hydrogens (tertiary/aromatic N) is 2. The monoisotopic (exact) mass is 168 g/mol. The molecule has 0 bridgehead atoms. The fourth-order valence-electron chi connectivity index (χ4n) is 0.844. The lowest BCUT2D eigenvalue weighted by molar-refractivity contribution is 0.220. The number of hydrogen-bond acceptors (Lipinski definition) is 2. The third kappa shape index (κ3) is 2.00. The normalized spacial score (nSPS) is 11.7. The van der Waals surface area contributed by atoms with Crippen molar-refractivity contribution in [1.29, 1.82) is 0 Å². The van der Waals surface area contributed by atoms with Crippen LogP contribution in [0.25, 0.3) is 0 Å². The molecule has 0 spiro atoms. The van der Waals surface area contributed by atoms with Gasteiger partial charge < -0.3 is 0 Å². The van der Waals surface area contributed by atoms with Crippen molar-refractivity contribution >= 4 is 0 Å². The molecule has 1 rings (SSSR count). The Morgan fingerprint density at radius 2 is 1.83 bits per heavy atom. The van der Waals surface area contributed by atoms with Crippen molar-refractivity contribution < 1.29 is 4.39 Å². The fraction of sp³-hybridized carbons (Fsp3) is 0.556. The minimum atomic E-state index is -1.34. The molecule has 1 aromatic heterocycles. The first-order valence-electron chi connectivity index (χ1n) is 4.04. The Labute approximate surface area is 71.9 Å². The van der Waals surface area contributed by atoms with E-state index in [0.29, 0.717) is 5.56 Å². The molecule has 0 atom stereocenters. The molecule has 12 heavy (non-hydrogen) atoms. The van der Waals surface area contributed by atoms with Gasteiger partial charge >= 0.3 is 0 Å². The number of hydrogen-bond donors (Lipinski definition) is 0. The summed E-state index contributed by atoms with van der Waals surface area (Å²) >= 11 is 0. The Morgan fingerprint density at radius 1 is 1.33 bits per heavy atom. The van der Waals surface area contributed by atoms with Gasteiger partial charge in [-0.2, -0.15) is 0 Å². The van der Waals surface area contributed by atoms with Gasteiger partial charge in [0.2, 0.25) is 0 Å². The van der Waals surface area contributed by atoms with Gasteiger partial charge in [0.25, 0.3) is 0 Å². The molecule has 0 aliphatic carbocycles. The Hall–Kier alpha value is -0.990. The molecule has 0 fully saturated rings. The van der Waals surface area contributed by atoms with Gasteiger partial charge in [0.15, 0.2) is 0 Å². The minimum Gasteiger partial charge on any atom is -0.241 e. The van der Waals surface area contributed by atoms with E-state index in [0.717, 1.165) is 12.2 Å². The second-order valence-electron chi connectivity index (χ2n) is 3.21. The number of aryl methyl sites for hydroxylation is 1. The molecule has 1 heterocycles. The van der Waals surface area contributed by atoms with Crippen LogP contribution in [-0.2, 0) is 12.1 Å². The highest BCUT2D eigenvalue weighted by molar-refractivity contribution is 5.12. The molecule has 0 aromatic carbocycles. The highest BCUT2D eigenvalue weighted by Crippen LogP contribution is 2.22. The molecule has 0 radical (unpaired) electrons. The van der Waals surface area contributed by atoms with Crippen LogP contribution in [0.4, 0.5) is 4.39 Å². The molecule has 2 nitrogen and oxygen atoms in total. The van der Waals surface area contributed by atoms with Crippen LogP contribution in [-0.4, -0.2) is 9.97 Å². The average Bonchev–Trinajstić information content (AvgIpc) is 2.03. The molecular weight excluding hydrogens is 155 g/mol. The van der Waals surface area contributed by atoms with E-state index in [1.165, 1.54) is 13.8 Å². The van der Waals surface area contributed by atoms with Crippen molar-refractivity contribution in [3.8, 4) is 0 Å². The van der Waals surface area contributed by atoms with Gasteiger partial charge in [0, 0.05) is 24.4 Å². The van der Waals surface area contributed by atoms with Crippen LogP contribution < -0.4 is 0 Å². The summed E-state index contributed by atoms with van der Waals surface area (Å²) in [6.45, 7) is 4.96. The summed E-state index contributed by atoms with van der Waals surface area (Å²) in [4.78, 5) is 8.03. The number of aromatic nitrogens is 2. The standard InChI is InChI=1S/C9H13FN2/c1-4-8-11-5-7(6-12-8)9(2,3)10/h5-6H,4H2,1-3H3. The smallest absolute Gasteiger partial charge is 0.133 e. The number of alkyl halides is 1. The van der Waals surface area contributed by atoms with E-state index in [1.54, 1.807) is 12.4 Å². The molecule has 0 saturated carbocycles. The Balaban J connectivity index is 2.93. The van der Waals surface area contributed by atoms with Crippen LogP contribution >= 0.6 is 0 Å². The number of rotatable bonds is 2. The van der Waals surface area contributed by atoms with Crippen LogP contribution in [0.1, 0.15) is 32.2 Å². The summed E-state index contributed by atoms with van der Waals surface area (Å²) in [7, 11) is 0. The molecule has 0 N–H and O–H groups in total. The first-order valence-corrected chi connectivity index (χ1v) is 4.04. The van der Waals surface area contributed by atoms with Gasteiger partial charge in [-0.3, -0.25) is 0 Å². The highest BCUT2D eigenvalue weighted by Gasteiger charge is 2.19. The van der Waals surface area contributed by atoms with Crippen LogP contribution in [0.3, 0.4) is 0 Å². The molecular formula is C9H13FN2. The largest absolute Gasteiger partial charge is 0.241 e. The lowest BCUT2D eigenvalue weighted by Gasteiger charge is -2.12. The van der Waals surface area contributed by atoms with Crippen molar-refractivity contribution in [3.63, 3.8) is 0 Å². The first kappa shape index (κ1) is 9.10. The zero-order chi connectivity index (χ0) is 9.19. The van der Waals surface area contributed by atoms with E-state index in [2.05, 4.69) is 9.97 Å². The van der Waals surface area contributed by atoms with Gasteiger partial charge in [-0.15, -0.1) is 0 Å². The van der Waals surface area contributed by atoms with E-state index in [-0.39, 0.29) is 0 Å². The summed E-state index contributed by atoms with van der Waals surface area (Å²) in [6.07, 6.45) is 3.88. The quantitative estimate of drug-likeness (QED) is 0.676.